The predicted molar refractivity (Wildman–Crippen MR) is 95.9 cm³/mol. The minimum atomic E-state index is -3.67. The van der Waals surface area contributed by atoms with E-state index in [-0.39, 0.29) is 4.90 Å². The maximum Gasteiger partial charge on any atom is 0.245 e. The lowest BCUT2D eigenvalue weighted by Crippen LogP contribution is -2.42. The molecular weight excluding hydrogens is 358 g/mol. The summed E-state index contributed by atoms with van der Waals surface area (Å²) in [6.07, 6.45) is 4.94. The quantitative estimate of drug-likeness (QED) is 0.707. The molecule has 3 heterocycles. The first-order valence-corrected chi connectivity index (χ1v) is 9.71. The smallest absolute Gasteiger partial charge is 0.245 e. The van der Waals surface area contributed by atoms with Crippen molar-refractivity contribution in [2.24, 2.45) is 0 Å². The Morgan fingerprint density at radius 2 is 1.84 bits per heavy atom. The van der Waals surface area contributed by atoms with Crippen LogP contribution in [0.1, 0.15) is 17.3 Å². The lowest BCUT2D eigenvalue weighted by molar-refractivity contribution is 0.298. The van der Waals surface area contributed by atoms with Gasteiger partial charge in [-0.1, -0.05) is 23.7 Å². The number of benzene rings is 1. The summed E-state index contributed by atoms with van der Waals surface area (Å²) in [7, 11) is -3.67. The van der Waals surface area contributed by atoms with Gasteiger partial charge in [0.05, 0.1) is 6.04 Å². The van der Waals surface area contributed by atoms with Gasteiger partial charge in [0.25, 0.3) is 0 Å². The molecule has 7 heteroatoms. The molecule has 3 aromatic rings. The predicted octanol–water partition coefficient (Wildman–Crippen LogP) is 3.33. The number of hydrogen-bond donors (Lipinski definition) is 0. The van der Waals surface area contributed by atoms with E-state index in [9.17, 15) is 8.42 Å². The minimum Gasteiger partial charge on any atom is -0.348 e. The summed E-state index contributed by atoms with van der Waals surface area (Å²) in [6.45, 7) is 1.01. The van der Waals surface area contributed by atoms with Crippen LogP contribution in [0, 0.1) is 0 Å². The van der Waals surface area contributed by atoms with E-state index in [1.807, 2.05) is 30.5 Å². The van der Waals surface area contributed by atoms with Crippen molar-refractivity contribution in [1.82, 2.24) is 13.9 Å². The van der Waals surface area contributed by atoms with Gasteiger partial charge in [0.15, 0.2) is 0 Å². The molecule has 0 N–H and O–H groups in total. The second kappa shape index (κ2) is 6.29. The van der Waals surface area contributed by atoms with Gasteiger partial charge in [-0.05, 0) is 42.0 Å². The molecule has 5 nitrogen and oxygen atoms in total. The molecule has 0 saturated heterocycles. The fourth-order valence-electron chi connectivity index (χ4n) is 3.24. The molecular formula is C18H16ClN3O2S. The van der Waals surface area contributed by atoms with Gasteiger partial charge in [0.1, 0.15) is 4.90 Å². The van der Waals surface area contributed by atoms with Crippen LogP contribution in [0.25, 0.3) is 0 Å². The van der Waals surface area contributed by atoms with Crippen molar-refractivity contribution in [3.8, 4) is 0 Å². The Bertz CT molecular complexity index is 985. The molecule has 1 aliphatic heterocycles. The molecule has 0 amide bonds. The molecule has 0 radical (unpaired) electrons. The van der Waals surface area contributed by atoms with Gasteiger partial charge < -0.3 is 4.57 Å². The monoisotopic (exact) mass is 373 g/mol. The zero-order chi connectivity index (χ0) is 17.4. The van der Waals surface area contributed by atoms with Crippen LogP contribution >= 0.6 is 11.6 Å². The van der Waals surface area contributed by atoms with Gasteiger partial charge >= 0.3 is 0 Å². The summed E-state index contributed by atoms with van der Waals surface area (Å²) in [5, 5.41) is 0.622. The Morgan fingerprint density at radius 3 is 2.56 bits per heavy atom. The first-order valence-electron chi connectivity index (χ1n) is 7.90. The normalized spacial score (nSPS) is 18.0. The fourth-order valence-corrected chi connectivity index (χ4v) is 4.91. The molecule has 0 unspecified atom stereocenters. The first kappa shape index (κ1) is 16.3. The number of pyridine rings is 1. The molecule has 128 valence electrons. The molecule has 4 rings (SSSR count). The largest absolute Gasteiger partial charge is 0.348 e. The van der Waals surface area contributed by atoms with Crippen LogP contribution < -0.4 is 0 Å². The van der Waals surface area contributed by atoms with Crippen LogP contribution in [0.3, 0.4) is 0 Å². The summed E-state index contributed by atoms with van der Waals surface area (Å²) >= 11 is 6.01. The molecule has 1 aromatic carbocycles. The molecule has 0 bridgehead atoms. The number of aromatic nitrogens is 2. The minimum absolute atomic E-state index is 0.203. The van der Waals surface area contributed by atoms with Crippen LogP contribution in [-0.4, -0.2) is 28.8 Å². The number of fused-ring (bicyclic) bond motifs is 1. The molecule has 2 aromatic heterocycles. The number of halogens is 1. The van der Waals surface area contributed by atoms with Crippen LogP contribution in [0.2, 0.25) is 5.02 Å². The van der Waals surface area contributed by atoms with E-state index in [1.54, 1.807) is 34.8 Å². The second-order valence-corrected chi connectivity index (χ2v) is 8.21. The van der Waals surface area contributed by atoms with Gasteiger partial charge in [-0.3, -0.25) is 4.98 Å². The van der Waals surface area contributed by atoms with E-state index in [0.717, 1.165) is 11.3 Å². The van der Waals surface area contributed by atoms with Crippen molar-refractivity contribution >= 4 is 21.6 Å². The summed E-state index contributed by atoms with van der Waals surface area (Å²) in [6, 6.07) is 14.0. The van der Waals surface area contributed by atoms with Crippen molar-refractivity contribution in [3.63, 3.8) is 0 Å². The van der Waals surface area contributed by atoms with Crippen LogP contribution in [0.4, 0.5) is 0 Å². The topological polar surface area (TPSA) is 55.2 Å². The number of hydrogen-bond acceptors (Lipinski definition) is 3. The summed E-state index contributed by atoms with van der Waals surface area (Å²) in [5.74, 6) is 0. The van der Waals surface area contributed by atoms with E-state index in [2.05, 4.69) is 9.55 Å². The third-order valence-electron chi connectivity index (χ3n) is 4.42. The molecule has 0 aliphatic carbocycles. The zero-order valence-corrected chi connectivity index (χ0v) is 14.9. The van der Waals surface area contributed by atoms with Crippen molar-refractivity contribution < 1.29 is 8.42 Å². The Morgan fingerprint density at radius 1 is 1.04 bits per heavy atom. The standard InChI is InChI=1S/C18H16ClN3O2S/c19-15-7-5-14(6-8-15)18-17-4-2-10-21(17)11-12-22(18)25(23,24)16-3-1-9-20-13-16/h1-10,13,18H,11-12H2/t18-/m1/s1. The van der Waals surface area contributed by atoms with Gasteiger partial charge in [-0.25, -0.2) is 8.42 Å². The van der Waals surface area contributed by atoms with Crippen LogP contribution in [-0.2, 0) is 16.6 Å². The molecule has 1 aliphatic rings. The third-order valence-corrected chi connectivity index (χ3v) is 6.52. The summed E-state index contributed by atoms with van der Waals surface area (Å²) in [5.41, 5.74) is 1.83. The number of nitrogens with zero attached hydrogens (tertiary/aromatic N) is 3. The molecule has 0 spiro atoms. The molecule has 1 atom stereocenters. The number of rotatable bonds is 3. The molecule has 0 fully saturated rings. The lowest BCUT2D eigenvalue weighted by atomic mass is 10.0. The van der Waals surface area contributed by atoms with Gasteiger partial charge in [-0.2, -0.15) is 4.31 Å². The molecule has 25 heavy (non-hydrogen) atoms. The van der Waals surface area contributed by atoms with E-state index < -0.39 is 16.1 Å². The first-order chi connectivity index (χ1) is 12.1. The highest BCUT2D eigenvalue weighted by Crippen LogP contribution is 2.36. The Hall–Kier alpha value is -2.15. The van der Waals surface area contributed by atoms with Crippen molar-refractivity contribution in [3.05, 3.63) is 83.4 Å². The molecule has 0 saturated carbocycles. The maximum atomic E-state index is 13.2. The van der Waals surface area contributed by atoms with Crippen molar-refractivity contribution in [1.29, 1.82) is 0 Å². The fraction of sp³-hybridized carbons (Fsp3) is 0.167. The highest BCUT2D eigenvalue weighted by atomic mass is 35.5. The SMILES string of the molecule is O=S(=O)(c1cccnc1)N1CCn2cccc2[C@H]1c1ccc(Cl)cc1. The van der Waals surface area contributed by atoms with Crippen LogP contribution in [0.5, 0.6) is 0 Å². The highest BCUT2D eigenvalue weighted by molar-refractivity contribution is 7.89. The van der Waals surface area contributed by atoms with Gasteiger partial charge in [0, 0.05) is 42.4 Å². The highest BCUT2D eigenvalue weighted by Gasteiger charge is 2.37. The Balaban J connectivity index is 1.85. The van der Waals surface area contributed by atoms with E-state index in [4.69, 9.17) is 11.6 Å². The van der Waals surface area contributed by atoms with Crippen LogP contribution in [0.15, 0.2) is 72.0 Å². The summed E-state index contributed by atoms with van der Waals surface area (Å²) < 4.78 is 30.1. The maximum absolute atomic E-state index is 13.2. The zero-order valence-electron chi connectivity index (χ0n) is 13.3. The Labute approximate surface area is 151 Å². The van der Waals surface area contributed by atoms with Crippen molar-refractivity contribution in [2.75, 3.05) is 6.54 Å². The van der Waals surface area contributed by atoms with Crippen molar-refractivity contribution in [2.45, 2.75) is 17.5 Å². The average molecular weight is 374 g/mol. The second-order valence-electron chi connectivity index (χ2n) is 5.89. The third kappa shape index (κ3) is 2.86. The van der Waals surface area contributed by atoms with E-state index >= 15 is 0 Å². The summed E-state index contributed by atoms with van der Waals surface area (Å²) in [4.78, 5) is 4.16. The number of sulfonamides is 1. The lowest BCUT2D eigenvalue weighted by Gasteiger charge is -2.36. The van der Waals surface area contributed by atoms with E-state index in [1.165, 1.54) is 6.20 Å². The van der Waals surface area contributed by atoms with Gasteiger partial charge in [-0.15, -0.1) is 0 Å². The average Bonchev–Trinajstić information content (AvgIpc) is 3.11. The van der Waals surface area contributed by atoms with Gasteiger partial charge in [0.2, 0.25) is 10.0 Å². The van der Waals surface area contributed by atoms with E-state index in [0.29, 0.717) is 18.1 Å². The Kier molecular flexibility index (Phi) is 4.11.